The lowest BCUT2D eigenvalue weighted by molar-refractivity contribution is -0.121. The van der Waals surface area contributed by atoms with Crippen LogP contribution in [-0.4, -0.2) is 26.9 Å². The van der Waals surface area contributed by atoms with E-state index < -0.39 is 10.0 Å². The molecule has 2 aliphatic carbocycles. The first-order valence-corrected chi connectivity index (χ1v) is 11.9. The van der Waals surface area contributed by atoms with Crippen LogP contribution in [0.2, 0.25) is 0 Å². The summed E-state index contributed by atoms with van der Waals surface area (Å²) in [4.78, 5) is 12.7. The highest BCUT2D eigenvalue weighted by atomic mass is 32.2. The lowest BCUT2D eigenvalue weighted by Gasteiger charge is -2.42. The van der Waals surface area contributed by atoms with Crippen LogP contribution in [0.3, 0.4) is 0 Å². The molecule has 2 saturated carbocycles. The second-order valence-corrected chi connectivity index (χ2v) is 10.0. The third-order valence-electron chi connectivity index (χ3n) is 6.09. The molecule has 2 aliphatic rings. The number of rotatable bonds is 9. The van der Waals surface area contributed by atoms with Gasteiger partial charge in [0.25, 0.3) is 0 Å². The minimum Gasteiger partial charge on any atom is -0.355 e. The van der Waals surface area contributed by atoms with Gasteiger partial charge >= 0.3 is 0 Å². The molecule has 0 heterocycles. The van der Waals surface area contributed by atoms with Crippen molar-refractivity contribution in [1.29, 1.82) is 0 Å². The first-order valence-electron chi connectivity index (χ1n) is 10.4. The Morgan fingerprint density at radius 1 is 1.00 bits per heavy atom. The molecule has 2 aromatic carbocycles. The molecule has 4 rings (SSSR count). The van der Waals surface area contributed by atoms with E-state index in [0.29, 0.717) is 19.4 Å². The minimum absolute atomic E-state index is 0.0410. The van der Waals surface area contributed by atoms with E-state index in [0.717, 1.165) is 31.2 Å². The summed E-state index contributed by atoms with van der Waals surface area (Å²) in [5, 5.41) is 3.11. The van der Waals surface area contributed by atoms with E-state index in [1.807, 2.05) is 6.07 Å². The maximum Gasteiger partial charge on any atom is 0.240 e. The lowest BCUT2D eigenvalue weighted by atomic mass is 9.64. The SMILES string of the molecule is O=C(CCc1ccc(S(=O)(=O)NC2CC2)cc1)NCC1(c2ccccc2)CCC1. The molecule has 2 N–H and O–H groups in total. The molecule has 0 saturated heterocycles. The Hall–Kier alpha value is -2.18. The number of hydrogen-bond acceptors (Lipinski definition) is 3. The van der Waals surface area contributed by atoms with Crippen LogP contribution in [0.25, 0.3) is 0 Å². The summed E-state index contributed by atoms with van der Waals surface area (Å²) in [6.45, 7) is 0.680. The molecular formula is C23H28N2O3S. The first-order chi connectivity index (χ1) is 14.0. The third kappa shape index (κ3) is 4.87. The third-order valence-corrected chi connectivity index (χ3v) is 7.63. The van der Waals surface area contributed by atoms with Crippen LogP contribution in [0.15, 0.2) is 59.5 Å². The molecule has 0 spiro atoms. The van der Waals surface area contributed by atoms with E-state index in [-0.39, 0.29) is 22.3 Å². The highest BCUT2D eigenvalue weighted by Crippen LogP contribution is 2.43. The second-order valence-electron chi connectivity index (χ2n) is 8.32. The predicted octanol–water partition coefficient (Wildman–Crippen LogP) is 3.30. The largest absolute Gasteiger partial charge is 0.355 e. The standard InChI is InChI=1S/C23H28N2O3S/c26-22(24-17-23(15-4-16-23)19-5-2-1-3-6-19)14-9-18-7-12-21(13-8-18)29(27,28)25-20-10-11-20/h1-3,5-8,12-13,20,25H,4,9-11,14-17H2,(H,24,26). The highest BCUT2D eigenvalue weighted by Gasteiger charge is 2.38. The first kappa shape index (κ1) is 20.1. The summed E-state index contributed by atoms with van der Waals surface area (Å²) < 4.78 is 27.1. The molecule has 0 aromatic heterocycles. The van der Waals surface area contributed by atoms with Crippen LogP contribution in [0, 0.1) is 0 Å². The van der Waals surface area contributed by atoms with Crippen molar-refractivity contribution in [2.24, 2.45) is 0 Å². The molecule has 6 heteroatoms. The molecular weight excluding hydrogens is 384 g/mol. The fourth-order valence-electron chi connectivity index (χ4n) is 3.90. The monoisotopic (exact) mass is 412 g/mol. The molecule has 0 bridgehead atoms. The van der Waals surface area contributed by atoms with Gasteiger partial charge in [-0.15, -0.1) is 0 Å². The van der Waals surface area contributed by atoms with Gasteiger partial charge in [-0.2, -0.15) is 0 Å². The summed E-state index contributed by atoms with van der Waals surface area (Å²) in [6, 6.07) is 17.4. The van der Waals surface area contributed by atoms with Crippen LogP contribution >= 0.6 is 0 Å². The number of sulfonamides is 1. The molecule has 0 atom stereocenters. The number of hydrogen-bond donors (Lipinski definition) is 2. The molecule has 5 nitrogen and oxygen atoms in total. The molecule has 2 aromatic rings. The van der Waals surface area contributed by atoms with Gasteiger partial charge in [-0.05, 0) is 55.4 Å². The summed E-state index contributed by atoms with van der Waals surface area (Å²) >= 11 is 0. The Balaban J connectivity index is 1.27. The van der Waals surface area contributed by atoms with Gasteiger partial charge in [0.2, 0.25) is 15.9 Å². The van der Waals surface area contributed by atoms with Crippen LogP contribution in [0.5, 0.6) is 0 Å². The zero-order chi connectivity index (χ0) is 20.3. The molecule has 2 fully saturated rings. The zero-order valence-electron chi connectivity index (χ0n) is 16.6. The molecule has 29 heavy (non-hydrogen) atoms. The average Bonchev–Trinajstić information content (AvgIpc) is 3.50. The minimum atomic E-state index is -3.42. The summed E-state index contributed by atoms with van der Waals surface area (Å²) in [5.74, 6) is 0.0410. The van der Waals surface area contributed by atoms with Crippen LogP contribution in [0.1, 0.15) is 49.7 Å². The smallest absolute Gasteiger partial charge is 0.240 e. The number of nitrogens with one attached hydrogen (secondary N) is 2. The van der Waals surface area contributed by atoms with Crippen molar-refractivity contribution < 1.29 is 13.2 Å². The topological polar surface area (TPSA) is 75.3 Å². The van der Waals surface area contributed by atoms with Crippen LogP contribution in [-0.2, 0) is 26.7 Å². The van der Waals surface area contributed by atoms with E-state index in [1.165, 1.54) is 12.0 Å². The van der Waals surface area contributed by atoms with Crippen molar-refractivity contribution in [3.63, 3.8) is 0 Å². The van der Waals surface area contributed by atoms with Crippen molar-refractivity contribution in [3.05, 3.63) is 65.7 Å². The molecule has 0 aliphatic heterocycles. The average molecular weight is 413 g/mol. The Morgan fingerprint density at radius 2 is 1.69 bits per heavy atom. The molecule has 1 amide bonds. The van der Waals surface area contributed by atoms with Gasteiger partial charge in [0.05, 0.1) is 4.90 Å². The molecule has 0 radical (unpaired) electrons. The van der Waals surface area contributed by atoms with E-state index >= 15 is 0 Å². The van der Waals surface area contributed by atoms with E-state index in [2.05, 4.69) is 34.3 Å². The van der Waals surface area contributed by atoms with Gasteiger partial charge in [0, 0.05) is 24.4 Å². The Bertz CT molecular complexity index is 947. The Kier molecular flexibility index (Phi) is 5.74. The van der Waals surface area contributed by atoms with Crippen LogP contribution < -0.4 is 10.0 Å². The second kappa shape index (κ2) is 8.28. The fourth-order valence-corrected chi connectivity index (χ4v) is 5.21. The van der Waals surface area contributed by atoms with Crippen LogP contribution in [0.4, 0.5) is 0 Å². The summed E-state index contributed by atoms with van der Waals surface area (Å²) in [6.07, 6.45) is 6.26. The van der Waals surface area contributed by atoms with Crippen molar-refractivity contribution in [1.82, 2.24) is 10.0 Å². The predicted molar refractivity (Wildman–Crippen MR) is 113 cm³/mol. The number of amides is 1. The van der Waals surface area contributed by atoms with E-state index in [1.54, 1.807) is 24.3 Å². The normalized spacial score (nSPS) is 18.1. The number of carbonyl (C=O) groups excluding carboxylic acids is 1. The quantitative estimate of drug-likeness (QED) is 0.664. The van der Waals surface area contributed by atoms with Crippen molar-refractivity contribution >= 4 is 15.9 Å². The fraction of sp³-hybridized carbons (Fsp3) is 0.435. The zero-order valence-corrected chi connectivity index (χ0v) is 17.4. The summed E-state index contributed by atoms with van der Waals surface area (Å²) in [5.41, 5.74) is 2.36. The molecule has 154 valence electrons. The Labute approximate surface area is 173 Å². The van der Waals surface area contributed by atoms with Crippen molar-refractivity contribution in [2.75, 3.05) is 6.54 Å². The number of carbonyl (C=O) groups is 1. The van der Waals surface area contributed by atoms with Gasteiger partial charge < -0.3 is 5.32 Å². The molecule has 0 unspecified atom stereocenters. The van der Waals surface area contributed by atoms with Crippen molar-refractivity contribution in [2.45, 2.75) is 61.3 Å². The highest BCUT2D eigenvalue weighted by molar-refractivity contribution is 7.89. The van der Waals surface area contributed by atoms with E-state index in [4.69, 9.17) is 0 Å². The van der Waals surface area contributed by atoms with Gasteiger partial charge in [0.1, 0.15) is 0 Å². The number of benzene rings is 2. The Morgan fingerprint density at radius 3 is 2.28 bits per heavy atom. The van der Waals surface area contributed by atoms with Gasteiger partial charge in [0.15, 0.2) is 0 Å². The number of aryl methyl sites for hydroxylation is 1. The van der Waals surface area contributed by atoms with E-state index in [9.17, 15) is 13.2 Å². The maximum absolute atomic E-state index is 12.4. The lowest BCUT2D eigenvalue weighted by Crippen LogP contribution is -2.45. The van der Waals surface area contributed by atoms with Gasteiger partial charge in [-0.1, -0.05) is 48.9 Å². The maximum atomic E-state index is 12.4. The summed E-state index contributed by atoms with van der Waals surface area (Å²) in [7, 11) is -3.42. The van der Waals surface area contributed by atoms with Gasteiger partial charge in [-0.3, -0.25) is 4.79 Å². The van der Waals surface area contributed by atoms with Crippen molar-refractivity contribution in [3.8, 4) is 0 Å². The van der Waals surface area contributed by atoms with Gasteiger partial charge in [-0.25, -0.2) is 13.1 Å².